The Kier molecular flexibility index (Phi) is 7.63. The predicted octanol–water partition coefficient (Wildman–Crippen LogP) is 10.7. The topological polar surface area (TPSA) is 44.9 Å². The molecule has 0 spiro atoms. The first-order chi connectivity index (χ1) is 22.7. The van der Waals surface area contributed by atoms with E-state index in [2.05, 4.69) is 72.9 Å². The highest BCUT2D eigenvalue weighted by molar-refractivity contribution is 6.09. The standard InChI is InChI=1S/C40H36F2N4O/c1-25-17-26(2)35(22-42)39(34(25)21-41)27-23-44-45(24-27)29-9-8-10-30(19-29)47-31-13-14-33-32-11-6-7-12-36(32)46(37(33)20-31)38-18-28(15-16-43-38)40(3,4)5/h6-20,23-24H,21-22H2,1-5H3. The van der Waals surface area contributed by atoms with Crippen molar-refractivity contribution in [1.82, 2.24) is 19.3 Å². The molecule has 7 heteroatoms. The minimum absolute atomic E-state index is 0.0187. The normalized spacial score (nSPS) is 11.9. The molecular weight excluding hydrogens is 590 g/mol. The van der Waals surface area contributed by atoms with Crippen LogP contribution in [0.25, 0.3) is 44.4 Å². The van der Waals surface area contributed by atoms with Crippen molar-refractivity contribution in [1.29, 1.82) is 0 Å². The highest BCUT2D eigenvalue weighted by atomic mass is 19.1. The Bertz CT molecular complexity index is 2250. The van der Waals surface area contributed by atoms with Crippen LogP contribution in [0.2, 0.25) is 0 Å². The van der Waals surface area contributed by atoms with Crippen molar-refractivity contribution in [3.05, 3.63) is 131 Å². The molecular formula is C40H36F2N4O. The second-order valence-electron chi connectivity index (χ2n) is 13.1. The van der Waals surface area contributed by atoms with Crippen LogP contribution in [0.3, 0.4) is 0 Å². The van der Waals surface area contributed by atoms with E-state index in [1.165, 1.54) is 5.56 Å². The summed E-state index contributed by atoms with van der Waals surface area (Å²) in [6.07, 6.45) is 5.35. The molecule has 0 N–H and O–H groups in total. The third-order valence-corrected chi connectivity index (χ3v) is 8.93. The quantitative estimate of drug-likeness (QED) is 0.177. The second-order valence-corrected chi connectivity index (χ2v) is 13.1. The van der Waals surface area contributed by atoms with Crippen LogP contribution >= 0.6 is 0 Å². The summed E-state index contributed by atoms with van der Waals surface area (Å²) in [5.41, 5.74) is 7.86. The van der Waals surface area contributed by atoms with Gasteiger partial charge in [-0.1, -0.05) is 51.1 Å². The van der Waals surface area contributed by atoms with Gasteiger partial charge < -0.3 is 4.74 Å². The zero-order chi connectivity index (χ0) is 32.9. The molecule has 5 nitrogen and oxygen atoms in total. The van der Waals surface area contributed by atoms with Crippen molar-refractivity contribution < 1.29 is 13.5 Å². The number of aromatic nitrogens is 4. The summed E-state index contributed by atoms with van der Waals surface area (Å²) in [5, 5.41) is 6.82. The predicted molar refractivity (Wildman–Crippen MR) is 185 cm³/mol. The zero-order valence-electron chi connectivity index (χ0n) is 27.2. The van der Waals surface area contributed by atoms with E-state index in [1.54, 1.807) is 10.9 Å². The van der Waals surface area contributed by atoms with Gasteiger partial charge >= 0.3 is 0 Å². The first-order valence-corrected chi connectivity index (χ1v) is 15.7. The van der Waals surface area contributed by atoms with E-state index in [1.807, 2.05) is 68.7 Å². The molecule has 3 heterocycles. The number of halogens is 2. The van der Waals surface area contributed by atoms with Gasteiger partial charge in [0.1, 0.15) is 30.7 Å². The van der Waals surface area contributed by atoms with Gasteiger partial charge in [0, 0.05) is 40.9 Å². The number of para-hydroxylation sites is 1. The molecule has 0 unspecified atom stereocenters. The third kappa shape index (κ3) is 5.46. The second kappa shape index (κ2) is 11.8. The van der Waals surface area contributed by atoms with E-state index < -0.39 is 13.3 Å². The summed E-state index contributed by atoms with van der Waals surface area (Å²) in [5.74, 6) is 2.17. The maximum atomic E-state index is 14.1. The largest absolute Gasteiger partial charge is 0.457 e. The fraction of sp³-hybridized carbons (Fsp3) is 0.200. The number of hydrogen-bond donors (Lipinski definition) is 0. The fourth-order valence-corrected chi connectivity index (χ4v) is 6.45. The number of ether oxygens (including phenoxy) is 1. The number of benzene rings is 4. The SMILES string of the molecule is Cc1cc(C)c(CF)c(-c2cnn(-c3cccc(Oc4ccc5c6ccccc6n(-c6cc(C(C)(C)C)ccn6)c5c4)c3)c2)c1CF. The lowest BCUT2D eigenvalue weighted by atomic mass is 9.88. The Morgan fingerprint density at radius 3 is 2.21 bits per heavy atom. The molecule has 7 rings (SSSR count). The Morgan fingerprint density at radius 2 is 1.47 bits per heavy atom. The first kappa shape index (κ1) is 30.4. The van der Waals surface area contributed by atoms with E-state index in [-0.39, 0.29) is 5.41 Å². The molecule has 0 aliphatic rings. The lowest BCUT2D eigenvalue weighted by molar-refractivity contribution is 0.474. The molecule has 0 bridgehead atoms. The van der Waals surface area contributed by atoms with Crippen molar-refractivity contribution in [2.45, 2.75) is 53.4 Å². The molecule has 0 saturated carbocycles. The number of hydrogen-bond acceptors (Lipinski definition) is 3. The average molecular weight is 627 g/mol. The Balaban J connectivity index is 1.26. The summed E-state index contributed by atoms with van der Waals surface area (Å²) in [7, 11) is 0. The summed E-state index contributed by atoms with van der Waals surface area (Å²) in [4.78, 5) is 4.78. The van der Waals surface area contributed by atoms with Crippen molar-refractivity contribution in [2.75, 3.05) is 0 Å². The molecule has 7 aromatic rings. The average Bonchev–Trinajstić information content (AvgIpc) is 3.67. The maximum Gasteiger partial charge on any atom is 0.137 e. The van der Waals surface area contributed by atoms with E-state index in [9.17, 15) is 8.78 Å². The Hall–Kier alpha value is -5.30. The number of fused-ring (bicyclic) bond motifs is 3. The van der Waals surface area contributed by atoms with Crippen LogP contribution in [0.5, 0.6) is 11.5 Å². The van der Waals surface area contributed by atoms with E-state index in [0.717, 1.165) is 44.4 Å². The van der Waals surface area contributed by atoms with Gasteiger partial charge in [0.05, 0.1) is 22.9 Å². The van der Waals surface area contributed by atoms with Gasteiger partial charge in [-0.3, -0.25) is 4.57 Å². The number of rotatable bonds is 7. The van der Waals surface area contributed by atoms with Gasteiger partial charge in [0.15, 0.2) is 0 Å². The van der Waals surface area contributed by atoms with Crippen LogP contribution in [0, 0.1) is 13.8 Å². The number of pyridine rings is 1. The van der Waals surface area contributed by atoms with E-state index in [0.29, 0.717) is 33.8 Å². The van der Waals surface area contributed by atoms with E-state index >= 15 is 0 Å². The number of alkyl halides is 2. The molecule has 3 aromatic heterocycles. The monoisotopic (exact) mass is 626 g/mol. The van der Waals surface area contributed by atoms with Crippen molar-refractivity contribution in [2.24, 2.45) is 0 Å². The van der Waals surface area contributed by atoms with Crippen LogP contribution in [0.4, 0.5) is 8.78 Å². The Morgan fingerprint density at radius 1 is 0.745 bits per heavy atom. The fourth-order valence-electron chi connectivity index (χ4n) is 6.45. The molecule has 0 aliphatic heterocycles. The summed E-state index contributed by atoms with van der Waals surface area (Å²) >= 11 is 0. The van der Waals surface area contributed by atoms with Gasteiger partial charge in [-0.05, 0) is 95.1 Å². The molecule has 0 atom stereocenters. The minimum Gasteiger partial charge on any atom is -0.457 e. The third-order valence-electron chi connectivity index (χ3n) is 8.93. The molecule has 0 fully saturated rings. The minimum atomic E-state index is -0.676. The van der Waals surface area contributed by atoms with Gasteiger partial charge in [-0.25, -0.2) is 18.4 Å². The molecule has 4 aromatic carbocycles. The molecule has 236 valence electrons. The van der Waals surface area contributed by atoms with Gasteiger partial charge in [0.25, 0.3) is 0 Å². The molecule has 0 radical (unpaired) electrons. The zero-order valence-corrected chi connectivity index (χ0v) is 27.2. The van der Waals surface area contributed by atoms with Gasteiger partial charge in [-0.2, -0.15) is 5.10 Å². The van der Waals surface area contributed by atoms with Crippen molar-refractivity contribution in [3.8, 4) is 34.1 Å². The summed E-state index contributed by atoms with van der Waals surface area (Å²) in [6.45, 7) is 8.97. The number of nitrogens with zero attached hydrogens (tertiary/aromatic N) is 4. The highest BCUT2D eigenvalue weighted by Crippen LogP contribution is 2.37. The molecule has 0 amide bonds. The molecule has 0 aliphatic carbocycles. The van der Waals surface area contributed by atoms with E-state index in [4.69, 9.17) is 9.72 Å². The van der Waals surface area contributed by atoms with Gasteiger partial charge in [0.2, 0.25) is 0 Å². The van der Waals surface area contributed by atoms with Crippen molar-refractivity contribution in [3.63, 3.8) is 0 Å². The lowest BCUT2D eigenvalue weighted by Gasteiger charge is -2.20. The summed E-state index contributed by atoms with van der Waals surface area (Å²) in [6, 6.07) is 28.2. The van der Waals surface area contributed by atoms with Crippen LogP contribution < -0.4 is 4.74 Å². The lowest BCUT2D eigenvalue weighted by Crippen LogP contribution is -2.12. The van der Waals surface area contributed by atoms with Gasteiger partial charge in [-0.15, -0.1) is 0 Å². The van der Waals surface area contributed by atoms with Crippen LogP contribution in [0.15, 0.2) is 104 Å². The maximum absolute atomic E-state index is 14.1. The van der Waals surface area contributed by atoms with Crippen LogP contribution in [-0.4, -0.2) is 19.3 Å². The highest BCUT2D eigenvalue weighted by Gasteiger charge is 2.20. The summed E-state index contributed by atoms with van der Waals surface area (Å²) < 4.78 is 38.6. The van der Waals surface area contributed by atoms with Crippen LogP contribution in [-0.2, 0) is 18.8 Å². The molecule has 47 heavy (non-hydrogen) atoms. The molecule has 0 saturated heterocycles. The van der Waals surface area contributed by atoms with Crippen LogP contribution in [0.1, 0.15) is 48.6 Å². The first-order valence-electron chi connectivity index (χ1n) is 15.7. The van der Waals surface area contributed by atoms with Crippen molar-refractivity contribution >= 4 is 21.8 Å². The Labute approximate surface area is 273 Å². The smallest absolute Gasteiger partial charge is 0.137 e. The number of aryl methyl sites for hydroxylation is 2.